The average molecular weight is 284 g/mol. The monoisotopic (exact) mass is 284 g/mol. The Labute approximate surface area is 122 Å². The van der Waals surface area contributed by atoms with Crippen LogP contribution in [0.25, 0.3) is 0 Å². The smallest absolute Gasteiger partial charge is 0.255 e. The summed E-state index contributed by atoms with van der Waals surface area (Å²) in [6.07, 6.45) is 0. The fourth-order valence-corrected chi connectivity index (χ4v) is 2.28. The first-order valence-corrected chi connectivity index (χ1v) is 6.63. The number of aryl methyl sites for hydroxylation is 1. The second kappa shape index (κ2) is 5.01. The SMILES string of the molecule is Cc1ccc(N)c(C)c1NC(=O)c1ccc2c(c1)OCO2. The van der Waals surface area contributed by atoms with E-state index in [0.717, 1.165) is 16.8 Å². The second-order valence-electron chi connectivity index (χ2n) is 4.99. The van der Waals surface area contributed by atoms with Crippen LogP contribution in [-0.2, 0) is 0 Å². The van der Waals surface area contributed by atoms with Crippen LogP contribution in [0.4, 0.5) is 11.4 Å². The number of hydrogen-bond acceptors (Lipinski definition) is 4. The van der Waals surface area contributed by atoms with E-state index in [1.165, 1.54) is 0 Å². The minimum atomic E-state index is -0.204. The first kappa shape index (κ1) is 13.3. The largest absolute Gasteiger partial charge is 0.454 e. The van der Waals surface area contributed by atoms with Crippen LogP contribution in [0.2, 0.25) is 0 Å². The third-order valence-corrected chi connectivity index (χ3v) is 3.59. The molecule has 0 spiro atoms. The highest BCUT2D eigenvalue weighted by Crippen LogP contribution is 2.33. The van der Waals surface area contributed by atoms with Crippen molar-refractivity contribution in [1.29, 1.82) is 0 Å². The predicted molar refractivity (Wildman–Crippen MR) is 80.8 cm³/mol. The van der Waals surface area contributed by atoms with Crippen LogP contribution >= 0.6 is 0 Å². The predicted octanol–water partition coefficient (Wildman–Crippen LogP) is 2.87. The molecule has 2 aromatic rings. The van der Waals surface area contributed by atoms with E-state index >= 15 is 0 Å². The van der Waals surface area contributed by atoms with Gasteiger partial charge in [-0.25, -0.2) is 0 Å². The van der Waals surface area contributed by atoms with E-state index in [1.807, 2.05) is 26.0 Å². The van der Waals surface area contributed by atoms with Crippen LogP contribution in [0.5, 0.6) is 11.5 Å². The molecule has 1 heterocycles. The summed E-state index contributed by atoms with van der Waals surface area (Å²) in [4.78, 5) is 12.4. The van der Waals surface area contributed by atoms with Crippen molar-refractivity contribution >= 4 is 17.3 Å². The number of anilines is 2. The van der Waals surface area contributed by atoms with Crippen molar-refractivity contribution in [2.45, 2.75) is 13.8 Å². The maximum absolute atomic E-state index is 12.4. The van der Waals surface area contributed by atoms with Crippen LogP contribution in [0.3, 0.4) is 0 Å². The number of nitrogens with two attached hydrogens (primary N) is 1. The fraction of sp³-hybridized carbons (Fsp3) is 0.188. The van der Waals surface area contributed by atoms with Crippen molar-refractivity contribution in [2.24, 2.45) is 0 Å². The lowest BCUT2D eigenvalue weighted by molar-refractivity contribution is 0.102. The summed E-state index contributed by atoms with van der Waals surface area (Å²) in [7, 11) is 0. The first-order valence-electron chi connectivity index (χ1n) is 6.63. The van der Waals surface area contributed by atoms with E-state index in [-0.39, 0.29) is 12.7 Å². The maximum Gasteiger partial charge on any atom is 0.255 e. The van der Waals surface area contributed by atoms with Gasteiger partial charge < -0.3 is 20.5 Å². The number of carbonyl (C=O) groups is 1. The van der Waals surface area contributed by atoms with Crippen molar-refractivity contribution in [3.63, 3.8) is 0 Å². The minimum absolute atomic E-state index is 0.188. The summed E-state index contributed by atoms with van der Waals surface area (Å²) in [5, 5.41) is 2.91. The molecule has 2 aromatic carbocycles. The Balaban J connectivity index is 1.89. The molecule has 3 rings (SSSR count). The maximum atomic E-state index is 12.4. The molecule has 0 saturated heterocycles. The number of ether oxygens (including phenoxy) is 2. The number of hydrogen-bond donors (Lipinski definition) is 2. The molecule has 0 saturated carbocycles. The lowest BCUT2D eigenvalue weighted by Crippen LogP contribution is -2.14. The summed E-state index contributed by atoms with van der Waals surface area (Å²) in [6, 6.07) is 8.84. The van der Waals surface area contributed by atoms with Crippen molar-refractivity contribution in [3.05, 3.63) is 47.0 Å². The molecule has 0 aliphatic carbocycles. The Bertz CT molecular complexity index is 726. The molecule has 1 amide bonds. The molecule has 0 radical (unpaired) electrons. The minimum Gasteiger partial charge on any atom is -0.454 e. The Morgan fingerprint density at radius 3 is 2.71 bits per heavy atom. The summed E-state index contributed by atoms with van der Waals surface area (Å²) in [6.45, 7) is 4.01. The van der Waals surface area contributed by atoms with E-state index in [1.54, 1.807) is 18.2 Å². The fourth-order valence-electron chi connectivity index (χ4n) is 2.28. The number of amides is 1. The van der Waals surface area contributed by atoms with Gasteiger partial charge in [-0.05, 0) is 49.2 Å². The number of nitrogens with one attached hydrogen (secondary N) is 1. The molecule has 0 unspecified atom stereocenters. The third kappa shape index (κ3) is 2.38. The van der Waals surface area contributed by atoms with Crippen LogP contribution in [-0.4, -0.2) is 12.7 Å². The van der Waals surface area contributed by atoms with Crippen LogP contribution in [0, 0.1) is 13.8 Å². The molecular weight excluding hydrogens is 268 g/mol. The van der Waals surface area contributed by atoms with Crippen LogP contribution in [0.15, 0.2) is 30.3 Å². The Hall–Kier alpha value is -2.69. The molecule has 0 fully saturated rings. The molecule has 108 valence electrons. The van der Waals surface area contributed by atoms with Crippen molar-refractivity contribution in [1.82, 2.24) is 0 Å². The number of rotatable bonds is 2. The second-order valence-corrected chi connectivity index (χ2v) is 4.99. The van der Waals surface area contributed by atoms with Gasteiger partial charge in [-0.15, -0.1) is 0 Å². The van der Waals surface area contributed by atoms with Crippen molar-refractivity contribution in [3.8, 4) is 11.5 Å². The van der Waals surface area contributed by atoms with Gasteiger partial charge in [-0.2, -0.15) is 0 Å². The molecule has 0 bridgehead atoms. The average Bonchev–Trinajstić information content (AvgIpc) is 2.94. The Kier molecular flexibility index (Phi) is 3.17. The van der Waals surface area contributed by atoms with E-state index in [0.29, 0.717) is 22.7 Å². The molecule has 5 heteroatoms. The standard InChI is InChI=1S/C16H16N2O3/c1-9-3-5-12(17)10(2)15(9)18-16(19)11-4-6-13-14(7-11)21-8-20-13/h3-7H,8,17H2,1-2H3,(H,18,19). The van der Waals surface area contributed by atoms with Crippen molar-refractivity contribution in [2.75, 3.05) is 17.8 Å². The Morgan fingerprint density at radius 1 is 1.14 bits per heavy atom. The lowest BCUT2D eigenvalue weighted by atomic mass is 10.1. The summed E-state index contributed by atoms with van der Waals surface area (Å²) < 4.78 is 10.5. The van der Waals surface area contributed by atoms with Gasteiger partial charge in [-0.3, -0.25) is 4.79 Å². The molecule has 5 nitrogen and oxygen atoms in total. The van der Waals surface area contributed by atoms with Gasteiger partial charge in [0.25, 0.3) is 5.91 Å². The molecule has 21 heavy (non-hydrogen) atoms. The first-order chi connectivity index (χ1) is 10.1. The zero-order valence-corrected chi connectivity index (χ0v) is 11.9. The number of fused-ring (bicyclic) bond motifs is 1. The number of carbonyl (C=O) groups excluding carboxylic acids is 1. The molecule has 1 aliphatic rings. The Morgan fingerprint density at radius 2 is 1.90 bits per heavy atom. The molecule has 0 atom stereocenters. The van der Waals surface area contributed by atoms with Gasteiger partial charge in [-0.1, -0.05) is 6.07 Å². The third-order valence-electron chi connectivity index (χ3n) is 3.59. The zero-order valence-electron chi connectivity index (χ0n) is 11.9. The number of benzene rings is 2. The highest BCUT2D eigenvalue weighted by molar-refractivity contribution is 6.05. The molecule has 3 N–H and O–H groups in total. The quantitative estimate of drug-likeness (QED) is 0.832. The van der Waals surface area contributed by atoms with Gasteiger partial charge in [0.05, 0.1) is 0 Å². The van der Waals surface area contributed by atoms with E-state index in [4.69, 9.17) is 15.2 Å². The van der Waals surface area contributed by atoms with Crippen LogP contribution in [0.1, 0.15) is 21.5 Å². The highest BCUT2D eigenvalue weighted by Gasteiger charge is 2.17. The topological polar surface area (TPSA) is 73.6 Å². The summed E-state index contributed by atoms with van der Waals surface area (Å²) >= 11 is 0. The summed E-state index contributed by atoms with van der Waals surface area (Å²) in [5.74, 6) is 1.04. The van der Waals surface area contributed by atoms with E-state index in [9.17, 15) is 4.79 Å². The normalized spacial score (nSPS) is 12.3. The molecule has 0 aromatic heterocycles. The van der Waals surface area contributed by atoms with Gasteiger partial charge in [0.2, 0.25) is 6.79 Å². The van der Waals surface area contributed by atoms with Gasteiger partial charge in [0.1, 0.15) is 0 Å². The van der Waals surface area contributed by atoms with Gasteiger partial charge in [0, 0.05) is 16.9 Å². The summed E-state index contributed by atoms with van der Waals surface area (Å²) in [5.41, 5.74) is 9.64. The lowest BCUT2D eigenvalue weighted by Gasteiger charge is -2.13. The van der Waals surface area contributed by atoms with Gasteiger partial charge >= 0.3 is 0 Å². The number of nitrogen functional groups attached to an aromatic ring is 1. The molecule has 1 aliphatic heterocycles. The van der Waals surface area contributed by atoms with E-state index < -0.39 is 0 Å². The zero-order chi connectivity index (χ0) is 15.0. The van der Waals surface area contributed by atoms with Crippen molar-refractivity contribution < 1.29 is 14.3 Å². The molecular formula is C16H16N2O3. The van der Waals surface area contributed by atoms with E-state index in [2.05, 4.69) is 5.32 Å². The van der Waals surface area contributed by atoms with Gasteiger partial charge in [0.15, 0.2) is 11.5 Å². The highest BCUT2D eigenvalue weighted by atomic mass is 16.7. The van der Waals surface area contributed by atoms with Crippen LogP contribution < -0.4 is 20.5 Å².